The van der Waals surface area contributed by atoms with Crippen LogP contribution >= 0.6 is 0 Å². The van der Waals surface area contributed by atoms with E-state index in [4.69, 9.17) is 0 Å². The molecule has 2 atom stereocenters. The summed E-state index contributed by atoms with van der Waals surface area (Å²) in [7, 11) is 0. The molecule has 1 aromatic heterocycles. The molecule has 2 unspecified atom stereocenters. The molecule has 2 heterocycles. The van der Waals surface area contributed by atoms with Crippen molar-refractivity contribution >= 4 is 5.97 Å². The van der Waals surface area contributed by atoms with Gasteiger partial charge in [0.1, 0.15) is 24.5 Å². The fourth-order valence-corrected chi connectivity index (χ4v) is 3.02. The number of nitrogens with zero attached hydrogens (tertiary/aromatic N) is 4. The van der Waals surface area contributed by atoms with Gasteiger partial charge in [-0.2, -0.15) is 5.10 Å². The number of rotatable bonds is 4. The van der Waals surface area contributed by atoms with Gasteiger partial charge in [-0.1, -0.05) is 18.2 Å². The molecule has 3 rings (SSSR count). The molecule has 0 aliphatic carbocycles. The van der Waals surface area contributed by atoms with E-state index in [9.17, 15) is 14.3 Å². The second-order valence-corrected chi connectivity index (χ2v) is 5.43. The zero-order valence-electron chi connectivity index (χ0n) is 12.0. The molecule has 1 N–H and O–H groups in total. The van der Waals surface area contributed by atoms with E-state index < -0.39 is 17.8 Å². The minimum atomic E-state index is -1.04. The summed E-state index contributed by atoms with van der Waals surface area (Å²) in [5.41, 5.74) is 0.203. The Kier molecular flexibility index (Phi) is 4.15. The Morgan fingerprint density at radius 2 is 2.23 bits per heavy atom. The highest BCUT2D eigenvalue weighted by Gasteiger charge is 2.33. The van der Waals surface area contributed by atoms with Gasteiger partial charge < -0.3 is 5.11 Å². The number of likely N-dealkylation sites (tertiary alicyclic amines) is 1. The molecule has 116 valence electrons. The predicted molar refractivity (Wildman–Crippen MR) is 76.6 cm³/mol. The topological polar surface area (TPSA) is 71.2 Å². The van der Waals surface area contributed by atoms with Crippen LogP contribution in [0.1, 0.15) is 30.5 Å². The van der Waals surface area contributed by atoms with Crippen molar-refractivity contribution in [2.75, 3.05) is 13.1 Å². The molecule has 1 aliphatic heterocycles. The van der Waals surface area contributed by atoms with Crippen molar-refractivity contribution in [3.05, 3.63) is 48.3 Å². The maximum atomic E-state index is 14.0. The maximum absolute atomic E-state index is 14.0. The van der Waals surface area contributed by atoms with Crippen LogP contribution in [-0.2, 0) is 4.79 Å². The average Bonchev–Trinajstić information content (AvgIpc) is 3.04. The van der Waals surface area contributed by atoms with Gasteiger partial charge in [-0.25, -0.2) is 14.1 Å². The number of halogens is 1. The van der Waals surface area contributed by atoms with Crippen molar-refractivity contribution in [2.45, 2.75) is 24.9 Å². The largest absolute Gasteiger partial charge is 0.480 e. The summed E-state index contributed by atoms with van der Waals surface area (Å²) in [6.45, 7) is 1.13. The highest BCUT2D eigenvalue weighted by molar-refractivity contribution is 5.75. The SMILES string of the molecule is O=C(O)C(c1ccccc1F)N1CCCC(n2cncn2)C1. The number of piperidine rings is 1. The van der Waals surface area contributed by atoms with Gasteiger partial charge in [-0.15, -0.1) is 0 Å². The molecule has 2 aromatic rings. The fourth-order valence-electron chi connectivity index (χ4n) is 3.02. The number of carboxylic acid groups (broad SMARTS) is 1. The smallest absolute Gasteiger partial charge is 0.325 e. The van der Waals surface area contributed by atoms with Gasteiger partial charge in [0.05, 0.1) is 6.04 Å². The number of hydrogen-bond acceptors (Lipinski definition) is 4. The summed E-state index contributed by atoms with van der Waals surface area (Å²) in [4.78, 5) is 17.4. The van der Waals surface area contributed by atoms with Crippen LogP contribution in [0.2, 0.25) is 0 Å². The molecule has 0 bridgehead atoms. The lowest BCUT2D eigenvalue weighted by Gasteiger charge is -2.36. The van der Waals surface area contributed by atoms with E-state index in [2.05, 4.69) is 10.1 Å². The van der Waals surface area contributed by atoms with Crippen LogP contribution in [0.25, 0.3) is 0 Å². The fraction of sp³-hybridized carbons (Fsp3) is 0.400. The average molecular weight is 304 g/mol. The normalized spacial score (nSPS) is 20.7. The summed E-state index contributed by atoms with van der Waals surface area (Å²) in [5, 5.41) is 13.7. The predicted octanol–water partition coefficient (Wildman–Crippen LogP) is 1.88. The first kappa shape index (κ1) is 14.6. The van der Waals surface area contributed by atoms with Crippen LogP contribution < -0.4 is 0 Å². The van der Waals surface area contributed by atoms with E-state index in [1.165, 1.54) is 18.5 Å². The minimum Gasteiger partial charge on any atom is -0.480 e. The Morgan fingerprint density at radius 1 is 1.41 bits per heavy atom. The van der Waals surface area contributed by atoms with Crippen LogP contribution in [0.5, 0.6) is 0 Å². The zero-order valence-corrected chi connectivity index (χ0v) is 12.0. The van der Waals surface area contributed by atoms with Crippen LogP contribution in [0, 0.1) is 5.82 Å². The number of aliphatic carboxylic acids is 1. The third-order valence-electron chi connectivity index (χ3n) is 4.04. The lowest BCUT2D eigenvalue weighted by Crippen LogP contribution is -2.42. The summed E-state index contributed by atoms with van der Waals surface area (Å²) >= 11 is 0. The summed E-state index contributed by atoms with van der Waals surface area (Å²) in [5.74, 6) is -1.53. The van der Waals surface area contributed by atoms with Gasteiger partial charge in [0.25, 0.3) is 0 Å². The third kappa shape index (κ3) is 2.85. The van der Waals surface area contributed by atoms with Crippen LogP contribution in [0.4, 0.5) is 4.39 Å². The van der Waals surface area contributed by atoms with Gasteiger partial charge in [0, 0.05) is 12.1 Å². The Labute approximate surface area is 127 Å². The summed E-state index contributed by atoms with van der Waals surface area (Å²) in [6.07, 6.45) is 4.84. The quantitative estimate of drug-likeness (QED) is 0.934. The van der Waals surface area contributed by atoms with Gasteiger partial charge in [0.15, 0.2) is 0 Å². The van der Waals surface area contributed by atoms with Gasteiger partial charge in [-0.05, 0) is 25.5 Å². The Morgan fingerprint density at radius 3 is 2.91 bits per heavy atom. The molecule has 1 fully saturated rings. The Hall–Kier alpha value is -2.28. The zero-order chi connectivity index (χ0) is 15.5. The molecular weight excluding hydrogens is 287 g/mol. The van der Waals surface area contributed by atoms with Crippen LogP contribution in [0.3, 0.4) is 0 Å². The van der Waals surface area contributed by atoms with E-state index in [0.717, 1.165) is 12.8 Å². The highest BCUT2D eigenvalue weighted by atomic mass is 19.1. The molecule has 1 aromatic carbocycles. The van der Waals surface area contributed by atoms with E-state index >= 15 is 0 Å². The van der Waals surface area contributed by atoms with Crippen molar-refractivity contribution in [1.82, 2.24) is 19.7 Å². The Balaban J connectivity index is 1.86. The van der Waals surface area contributed by atoms with Gasteiger partial charge in [-0.3, -0.25) is 9.69 Å². The molecule has 0 saturated carbocycles. The monoisotopic (exact) mass is 304 g/mol. The lowest BCUT2D eigenvalue weighted by atomic mass is 9.99. The van der Waals surface area contributed by atoms with E-state index in [1.807, 2.05) is 0 Å². The summed E-state index contributed by atoms with van der Waals surface area (Å²) in [6, 6.07) is 5.13. The number of hydrogen-bond donors (Lipinski definition) is 1. The first-order valence-electron chi connectivity index (χ1n) is 7.22. The van der Waals surface area contributed by atoms with Crippen LogP contribution in [-0.4, -0.2) is 43.8 Å². The Bertz CT molecular complexity index is 647. The molecule has 0 spiro atoms. The van der Waals surface area contributed by atoms with E-state index in [-0.39, 0.29) is 11.6 Å². The molecule has 0 radical (unpaired) electrons. The number of carbonyl (C=O) groups is 1. The standard InChI is InChI=1S/C15H17FN4O2/c16-13-6-2-1-5-12(13)14(15(21)22)19-7-3-4-11(8-19)20-10-17-9-18-20/h1-2,5-6,9-11,14H,3-4,7-8H2,(H,21,22). The minimum absolute atomic E-state index is 0.0601. The molecule has 6 nitrogen and oxygen atoms in total. The van der Waals surface area contributed by atoms with Crippen molar-refractivity contribution in [3.63, 3.8) is 0 Å². The molecule has 0 amide bonds. The van der Waals surface area contributed by atoms with E-state index in [1.54, 1.807) is 28.0 Å². The second kappa shape index (κ2) is 6.23. The van der Waals surface area contributed by atoms with Crippen molar-refractivity contribution in [1.29, 1.82) is 0 Å². The molecule has 22 heavy (non-hydrogen) atoms. The van der Waals surface area contributed by atoms with Crippen LogP contribution in [0.15, 0.2) is 36.9 Å². The first-order chi connectivity index (χ1) is 10.7. The first-order valence-corrected chi connectivity index (χ1v) is 7.22. The van der Waals surface area contributed by atoms with Crippen molar-refractivity contribution in [2.24, 2.45) is 0 Å². The third-order valence-corrected chi connectivity index (χ3v) is 4.04. The highest BCUT2D eigenvalue weighted by Crippen LogP contribution is 2.30. The number of benzene rings is 1. The molecule has 1 aliphatic rings. The molecule has 7 heteroatoms. The molecule has 1 saturated heterocycles. The number of aromatic nitrogens is 3. The second-order valence-electron chi connectivity index (χ2n) is 5.43. The van der Waals surface area contributed by atoms with E-state index in [0.29, 0.717) is 13.1 Å². The summed E-state index contributed by atoms with van der Waals surface area (Å²) < 4.78 is 15.8. The lowest BCUT2D eigenvalue weighted by molar-refractivity contribution is -0.144. The van der Waals surface area contributed by atoms with Crippen molar-refractivity contribution < 1.29 is 14.3 Å². The van der Waals surface area contributed by atoms with Gasteiger partial charge >= 0.3 is 5.97 Å². The van der Waals surface area contributed by atoms with Crippen molar-refractivity contribution in [3.8, 4) is 0 Å². The molecular formula is C15H17FN4O2. The van der Waals surface area contributed by atoms with Gasteiger partial charge in [0.2, 0.25) is 0 Å². The maximum Gasteiger partial charge on any atom is 0.325 e. The number of carboxylic acids is 1.